The third-order valence-corrected chi connectivity index (χ3v) is 10.7. The fourth-order valence-corrected chi connectivity index (χ4v) is 7.79. The summed E-state index contributed by atoms with van der Waals surface area (Å²) in [6, 6.07) is 5.96. The van der Waals surface area contributed by atoms with Crippen LogP contribution in [0.2, 0.25) is 0 Å². The van der Waals surface area contributed by atoms with E-state index in [1.54, 1.807) is 9.80 Å². The van der Waals surface area contributed by atoms with E-state index in [1.165, 1.54) is 40.0 Å². The zero-order valence-electron chi connectivity index (χ0n) is 32.4. The highest BCUT2D eigenvalue weighted by Crippen LogP contribution is 2.33. The van der Waals surface area contributed by atoms with Gasteiger partial charge in [-0.05, 0) is 89.4 Å². The summed E-state index contributed by atoms with van der Waals surface area (Å²) in [5.41, 5.74) is -0.447. The molecule has 3 amide bonds. The van der Waals surface area contributed by atoms with Crippen molar-refractivity contribution in [1.29, 1.82) is 0 Å². The third-order valence-electron chi connectivity index (χ3n) is 10.7. The standard InChI is InChI=1S/C40H45F5N8O5/c1-40(2,3)58-39(56)52-14-8-24(23-52)22-49-12-9-25(10-13-49)36(54)50-16-18-51(19-17-50)37(55)27-5-4-26(20-29(27)41)48-34-35-47-21-30(53(35)15-11-46-34)28-6-7-31(57-38(44)45)33(43)32(28)42/h4-7,11,15,20-21,24-25,38H,8-10,12-14,16-19,22-23H2,1-3H3,(H,46,48). The number of piperazine rings is 1. The van der Waals surface area contributed by atoms with Gasteiger partial charge in [-0.25, -0.2) is 23.5 Å². The summed E-state index contributed by atoms with van der Waals surface area (Å²) in [5, 5.41) is 2.94. The van der Waals surface area contributed by atoms with Gasteiger partial charge in [0.25, 0.3) is 5.91 Å². The largest absolute Gasteiger partial charge is 0.444 e. The number of hydrogen-bond acceptors (Lipinski definition) is 9. The van der Waals surface area contributed by atoms with Crippen molar-refractivity contribution in [1.82, 2.24) is 34.0 Å². The second kappa shape index (κ2) is 16.8. The maximum Gasteiger partial charge on any atom is 0.410 e. The van der Waals surface area contributed by atoms with E-state index in [1.807, 2.05) is 20.8 Å². The van der Waals surface area contributed by atoms with Gasteiger partial charge in [0, 0.05) is 75.4 Å². The number of nitrogens with zero attached hydrogens (tertiary/aromatic N) is 7. The second-order valence-corrected chi connectivity index (χ2v) is 15.8. The van der Waals surface area contributed by atoms with Crippen LogP contribution in [0.3, 0.4) is 0 Å². The lowest BCUT2D eigenvalue weighted by molar-refractivity contribution is -0.138. The van der Waals surface area contributed by atoms with Crippen LogP contribution in [0.5, 0.6) is 5.75 Å². The highest BCUT2D eigenvalue weighted by atomic mass is 19.3. The molecule has 3 fully saturated rings. The molecule has 1 atom stereocenters. The number of alkyl halides is 2. The van der Waals surface area contributed by atoms with Crippen LogP contribution in [0, 0.1) is 29.3 Å². The molecule has 0 saturated carbocycles. The van der Waals surface area contributed by atoms with E-state index in [2.05, 4.69) is 24.9 Å². The number of anilines is 2. The van der Waals surface area contributed by atoms with E-state index >= 15 is 4.39 Å². The molecule has 1 N–H and O–H groups in total. The van der Waals surface area contributed by atoms with Crippen LogP contribution in [0.25, 0.3) is 16.9 Å². The minimum atomic E-state index is -3.34. The number of hydrogen-bond donors (Lipinski definition) is 1. The molecule has 3 saturated heterocycles. The van der Waals surface area contributed by atoms with Gasteiger partial charge in [0.05, 0.1) is 17.5 Å². The Kier molecular flexibility index (Phi) is 11.7. The van der Waals surface area contributed by atoms with E-state index < -0.39 is 41.3 Å². The number of nitrogens with one attached hydrogen (secondary N) is 1. The zero-order valence-corrected chi connectivity index (χ0v) is 32.4. The van der Waals surface area contributed by atoms with Crippen molar-refractivity contribution < 1.29 is 45.8 Å². The predicted octanol–water partition coefficient (Wildman–Crippen LogP) is 6.41. The molecule has 0 bridgehead atoms. The van der Waals surface area contributed by atoms with Gasteiger partial charge in [0.2, 0.25) is 11.7 Å². The van der Waals surface area contributed by atoms with Gasteiger partial charge < -0.3 is 34.4 Å². The minimum absolute atomic E-state index is 0.0771. The van der Waals surface area contributed by atoms with Crippen LogP contribution in [0.4, 0.5) is 38.3 Å². The summed E-state index contributed by atoms with van der Waals surface area (Å²) in [6.45, 7) is 7.30. The monoisotopic (exact) mass is 812 g/mol. The molecule has 0 aliphatic carbocycles. The molecule has 4 aromatic rings. The van der Waals surface area contributed by atoms with Crippen LogP contribution < -0.4 is 10.1 Å². The van der Waals surface area contributed by atoms with Gasteiger partial charge in [0.15, 0.2) is 23.0 Å². The highest BCUT2D eigenvalue weighted by Gasteiger charge is 2.35. The molecule has 18 heteroatoms. The van der Waals surface area contributed by atoms with Gasteiger partial charge in [0.1, 0.15) is 11.4 Å². The van der Waals surface area contributed by atoms with Gasteiger partial charge >= 0.3 is 12.7 Å². The number of piperidine rings is 1. The normalized spacial score (nSPS) is 18.3. The lowest BCUT2D eigenvalue weighted by atomic mass is 9.94. The molecule has 5 heterocycles. The van der Waals surface area contributed by atoms with E-state index in [4.69, 9.17) is 4.74 Å². The average Bonchev–Trinajstić information content (AvgIpc) is 3.84. The van der Waals surface area contributed by atoms with Crippen LogP contribution in [-0.2, 0) is 9.53 Å². The maximum atomic E-state index is 15.5. The van der Waals surface area contributed by atoms with E-state index in [-0.39, 0.29) is 65.0 Å². The first-order valence-corrected chi connectivity index (χ1v) is 19.3. The highest BCUT2D eigenvalue weighted by molar-refractivity contribution is 5.95. The van der Waals surface area contributed by atoms with E-state index in [9.17, 15) is 31.9 Å². The predicted molar refractivity (Wildman–Crippen MR) is 202 cm³/mol. The molecule has 2 aromatic heterocycles. The Labute approximate surface area is 331 Å². The number of ether oxygens (including phenoxy) is 2. The number of imidazole rings is 1. The fraction of sp³-hybridized carbons (Fsp3) is 0.475. The molecule has 13 nitrogen and oxygen atoms in total. The SMILES string of the molecule is CC(C)(C)OC(=O)N1CCC(CN2CCC(C(=O)N3CCN(C(=O)c4ccc(Nc5nccn6c(-c7ccc(OC(F)F)c(F)c7F)cnc56)cc4F)CC3)CC2)C1. The second-order valence-electron chi connectivity index (χ2n) is 15.8. The number of halogens is 5. The van der Waals surface area contributed by atoms with Crippen LogP contribution in [0.1, 0.15) is 50.4 Å². The molecule has 2 aromatic carbocycles. The topological polar surface area (TPSA) is 125 Å². The number of amides is 3. The Hall–Kier alpha value is -5.52. The Bertz CT molecular complexity index is 2160. The molecule has 0 spiro atoms. The first-order valence-electron chi connectivity index (χ1n) is 19.3. The van der Waals surface area contributed by atoms with Gasteiger partial charge in [-0.3, -0.25) is 14.0 Å². The number of benzene rings is 2. The zero-order chi connectivity index (χ0) is 41.3. The van der Waals surface area contributed by atoms with Gasteiger partial charge in [-0.2, -0.15) is 13.2 Å². The molecule has 3 aliphatic rings. The van der Waals surface area contributed by atoms with Crippen LogP contribution >= 0.6 is 0 Å². The molecular formula is C40H45F5N8O5. The summed E-state index contributed by atoms with van der Waals surface area (Å²) >= 11 is 0. The van der Waals surface area contributed by atoms with Crippen molar-refractivity contribution in [3.63, 3.8) is 0 Å². The summed E-state index contributed by atoms with van der Waals surface area (Å²) in [4.78, 5) is 55.3. The summed E-state index contributed by atoms with van der Waals surface area (Å²) in [6.07, 6.45) is 6.17. The maximum absolute atomic E-state index is 15.5. The van der Waals surface area contributed by atoms with Crippen molar-refractivity contribution in [3.8, 4) is 17.0 Å². The number of likely N-dealkylation sites (tertiary alicyclic amines) is 2. The molecule has 0 radical (unpaired) electrons. The van der Waals surface area contributed by atoms with Crippen LogP contribution in [0.15, 0.2) is 48.9 Å². The molecule has 1 unspecified atom stereocenters. The molecule has 310 valence electrons. The summed E-state index contributed by atoms with van der Waals surface area (Å²) in [5.74, 6) is -4.74. The molecule has 7 rings (SSSR count). The van der Waals surface area contributed by atoms with Crippen molar-refractivity contribution in [2.24, 2.45) is 11.8 Å². The third kappa shape index (κ3) is 8.95. The van der Waals surface area contributed by atoms with Gasteiger partial charge in [-0.1, -0.05) is 0 Å². The Morgan fingerprint density at radius 1 is 0.879 bits per heavy atom. The molecule has 3 aliphatic heterocycles. The molecular weight excluding hydrogens is 767 g/mol. The summed E-state index contributed by atoms with van der Waals surface area (Å²) < 4.78 is 81.0. The quantitative estimate of drug-likeness (QED) is 0.191. The smallest absolute Gasteiger partial charge is 0.410 e. The van der Waals surface area contributed by atoms with Crippen molar-refractivity contribution in [2.75, 3.05) is 64.2 Å². The number of rotatable bonds is 9. The Morgan fingerprint density at radius 3 is 2.29 bits per heavy atom. The van der Waals surface area contributed by atoms with Crippen molar-refractivity contribution >= 4 is 35.1 Å². The number of fused-ring (bicyclic) bond motifs is 1. The number of aromatic nitrogens is 3. The average molecular weight is 813 g/mol. The number of carbonyl (C=O) groups is 3. The van der Waals surface area contributed by atoms with Crippen molar-refractivity contribution in [2.45, 2.75) is 52.2 Å². The van der Waals surface area contributed by atoms with Crippen LogP contribution in [-0.4, -0.2) is 123 Å². The minimum Gasteiger partial charge on any atom is -0.444 e. The Morgan fingerprint density at radius 2 is 1.60 bits per heavy atom. The molecule has 58 heavy (non-hydrogen) atoms. The van der Waals surface area contributed by atoms with Gasteiger partial charge in [-0.15, -0.1) is 0 Å². The first kappa shape index (κ1) is 40.7. The van der Waals surface area contributed by atoms with E-state index in [0.717, 1.165) is 57.1 Å². The first-order chi connectivity index (χ1) is 27.6. The number of carbonyl (C=O) groups excluding carboxylic acids is 3. The lowest BCUT2D eigenvalue weighted by Gasteiger charge is -2.39. The summed E-state index contributed by atoms with van der Waals surface area (Å²) in [7, 11) is 0. The van der Waals surface area contributed by atoms with E-state index in [0.29, 0.717) is 32.1 Å². The lowest BCUT2D eigenvalue weighted by Crippen LogP contribution is -2.53. The van der Waals surface area contributed by atoms with Crippen molar-refractivity contribution in [3.05, 3.63) is 71.9 Å². The fourth-order valence-electron chi connectivity index (χ4n) is 7.79. The Balaban J connectivity index is 0.900.